The first-order valence-electron chi connectivity index (χ1n) is 8.38. The molecule has 0 aliphatic rings. The highest BCUT2D eigenvalue weighted by atomic mass is 15.3. The van der Waals surface area contributed by atoms with Crippen LogP contribution in [0, 0.1) is 6.92 Å². The van der Waals surface area contributed by atoms with E-state index >= 15 is 0 Å². The maximum atomic E-state index is 4.71. The lowest BCUT2D eigenvalue weighted by molar-refractivity contribution is 0.687. The Hall–Kier alpha value is -1.39. The Morgan fingerprint density at radius 2 is 1.14 bits per heavy atom. The summed E-state index contributed by atoms with van der Waals surface area (Å²) in [6.45, 7) is 14.6. The molecule has 120 valence electrons. The number of aryl methyl sites for hydroxylation is 1. The molecule has 0 aliphatic carbocycles. The highest BCUT2D eigenvalue weighted by molar-refractivity contribution is 5.38. The van der Waals surface area contributed by atoms with Crippen LogP contribution in [0.2, 0.25) is 0 Å². The first kappa shape index (κ1) is 17.7. The van der Waals surface area contributed by atoms with E-state index in [1.54, 1.807) is 0 Å². The van der Waals surface area contributed by atoms with E-state index in [9.17, 15) is 0 Å². The SMILES string of the molecule is CCCCN(CC)c1nc(C)nc(N(CC)CCCC)n1. The van der Waals surface area contributed by atoms with Crippen molar-refractivity contribution >= 4 is 11.9 Å². The van der Waals surface area contributed by atoms with E-state index < -0.39 is 0 Å². The molecule has 5 nitrogen and oxygen atoms in total. The third kappa shape index (κ3) is 5.48. The van der Waals surface area contributed by atoms with Gasteiger partial charge in [-0.15, -0.1) is 0 Å². The van der Waals surface area contributed by atoms with Crippen molar-refractivity contribution in [3.63, 3.8) is 0 Å². The van der Waals surface area contributed by atoms with E-state index in [1.165, 1.54) is 25.7 Å². The molecule has 5 heteroatoms. The molecule has 0 aliphatic heterocycles. The second-order valence-electron chi connectivity index (χ2n) is 5.35. The van der Waals surface area contributed by atoms with Crippen LogP contribution in [0.5, 0.6) is 0 Å². The number of nitrogens with zero attached hydrogens (tertiary/aromatic N) is 5. The summed E-state index contributed by atoms with van der Waals surface area (Å²) in [5, 5.41) is 0. The lowest BCUT2D eigenvalue weighted by Gasteiger charge is -2.24. The monoisotopic (exact) mass is 293 g/mol. The third-order valence-corrected chi connectivity index (χ3v) is 3.62. The predicted octanol–water partition coefficient (Wildman–Crippen LogP) is 3.43. The molecule has 1 aromatic heterocycles. The van der Waals surface area contributed by atoms with Gasteiger partial charge in [0.25, 0.3) is 0 Å². The Balaban J connectivity index is 2.95. The van der Waals surface area contributed by atoms with Crippen molar-refractivity contribution in [2.24, 2.45) is 0 Å². The van der Waals surface area contributed by atoms with Crippen LogP contribution in [0.1, 0.15) is 59.2 Å². The molecule has 21 heavy (non-hydrogen) atoms. The van der Waals surface area contributed by atoms with Crippen LogP contribution in [0.25, 0.3) is 0 Å². The van der Waals surface area contributed by atoms with Crippen LogP contribution in [-0.2, 0) is 0 Å². The summed E-state index contributed by atoms with van der Waals surface area (Å²) in [6, 6.07) is 0. The summed E-state index contributed by atoms with van der Waals surface area (Å²) < 4.78 is 0. The lowest BCUT2D eigenvalue weighted by Crippen LogP contribution is -2.30. The van der Waals surface area contributed by atoms with Gasteiger partial charge in [-0.25, -0.2) is 0 Å². The van der Waals surface area contributed by atoms with Gasteiger partial charge in [0.1, 0.15) is 5.82 Å². The second kappa shape index (κ2) is 9.53. The van der Waals surface area contributed by atoms with Crippen molar-refractivity contribution in [3.05, 3.63) is 5.82 Å². The maximum Gasteiger partial charge on any atom is 0.230 e. The van der Waals surface area contributed by atoms with Gasteiger partial charge in [0.05, 0.1) is 0 Å². The average molecular weight is 293 g/mol. The molecule has 0 fully saturated rings. The van der Waals surface area contributed by atoms with Gasteiger partial charge in [0, 0.05) is 26.2 Å². The molecule has 1 aromatic rings. The largest absolute Gasteiger partial charge is 0.341 e. The van der Waals surface area contributed by atoms with Crippen molar-refractivity contribution in [1.82, 2.24) is 15.0 Å². The van der Waals surface area contributed by atoms with Crippen LogP contribution in [-0.4, -0.2) is 41.1 Å². The molecular formula is C16H31N5. The minimum absolute atomic E-state index is 0.805. The zero-order chi connectivity index (χ0) is 15.7. The van der Waals surface area contributed by atoms with Crippen molar-refractivity contribution in [1.29, 1.82) is 0 Å². The van der Waals surface area contributed by atoms with E-state index in [1.807, 2.05) is 6.92 Å². The summed E-state index contributed by atoms with van der Waals surface area (Å²) in [5.74, 6) is 2.45. The van der Waals surface area contributed by atoms with E-state index in [0.29, 0.717) is 0 Å². The number of aromatic nitrogens is 3. The smallest absolute Gasteiger partial charge is 0.230 e. The molecule has 0 unspecified atom stereocenters. The molecule has 0 amide bonds. The van der Waals surface area contributed by atoms with Crippen LogP contribution in [0.4, 0.5) is 11.9 Å². The molecule has 0 bridgehead atoms. The molecule has 0 aromatic carbocycles. The predicted molar refractivity (Wildman–Crippen MR) is 90.2 cm³/mol. The Labute approximate surface area is 129 Å². The van der Waals surface area contributed by atoms with E-state index in [2.05, 4.69) is 47.5 Å². The molecule has 0 atom stereocenters. The minimum Gasteiger partial charge on any atom is -0.341 e. The van der Waals surface area contributed by atoms with Crippen LogP contribution >= 0.6 is 0 Å². The van der Waals surface area contributed by atoms with E-state index in [4.69, 9.17) is 4.98 Å². The Kier molecular flexibility index (Phi) is 8.01. The second-order valence-corrected chi connectivity index (χ2v) is 5.35. The molecule has 0 saturated carbocycles. The van der Waals surface area contributed by atoms with Crippen LogP contribution in [0.15, 0.2) is 0 Å². The minimum atomic E-state index is 0.805. The van der Waals surface area contributed by atoms with Gasteiger partial charge in [0.15, 0.2) is 0 Å². The summed E-state index contributed by atoms with van der Waals surface area (Å²) >= 11 is 0. The Bertz CT molecular complexity index is 373. The number of rotatable bonds is 10. The molecule has 0 radical (unpaired) electrons. The fourth-order valence-electron chi connectivity index (χ4n) is 2.23. The molecular weight excluding hydrogens is 262 g/mol. The first-order valence-corrected chi connectivity index (χ1v) is 8.38. The summed E-state index contributed by atoms with van der Waals surface area (Å²) in [6.07, 6.45) is 4.71. The number of unbranched alkanes of at least 4 members (excludes halogenated alkanes) is 2. The van der Waals surface area contributed by atoms with Gasteiger partial charge < -0.3 is 9.80 Å². The maximum absolute atomic E-state index is 4.71. The van der Waals surface area contributed by atoms with E-state index in [0.717, 1.165) is 43.9 Å². The quantitative estimate of drug-likeness (QED) is 0.661. The molecule has 0 N–H and O–H groups in total. The number of hydrogen-bond acceptors (Lipinski definition) is 5. The highest BCUT2D eigenvalue weighted by Gasteiger charge is 2.14. The van der Waals surface area contributed by atoms with E-state index in [-0.39, 0.29) is 0 Å². The average Bonchev–Trinajstić information content (AvgIpc) is 2.48. The van der Waals surface area contributed by atoms with Crippen molar-refractivity contribution in [3.8, 4) is 0 Å². The summed E-state index contributed by atoms with van der Waals surface area (Å²) in [7, 11) is 0. The van der Waals surface area contributed by atoms with Crippen molar-refractivity contribution in [2.45, 2.75) is 60.3 Å². The van der Waals surface area contributed by atoms with Gasteiger partial charge >= 0.3 is 0 Å². The van der Waals surface area contributed by atoms with Gasteiger partial charge in [-0.05, 0) is 33.6 Å². The van der Waals surface area contributed by atoms with Gasteiger partial charge in [0.2, 0.25) is 11.9 Å². The van der Waals surface area contributed by atoms with Crippen molar-refractivity contribution in [2.75, 3.05) is 36.0 Å². The zero-order valence-corrected chi connectivity index (χ0v) is 14.4. The third-order valence-electron chi connectivity index (χ3n) is 3.62. The van der Waals surface area contributed by atoms with Gasteiger partial charge in [-0.1, -0.05) is 26.7 Å². The summed E-state index contributed by atoms with van der Waals surface area (Å²) in [5.41, 5.74) is 0. The van der Waals surface area contributed by atoms with Crippen molar-refractivity contribution < 1.29 is 0 Å². The van der Waals surface area contributed by atoms with Gasteiger partial charge in [-0.3, -0.25) is 0 Å². The fourth-order valence-corrected chi connectivity index (χ4v) is 2.23. The Morgan fingerprint density at radius 1 is 0.714 bits per heavy atom. The highest BCUT2D eigenvalue weighted by Crippen LogP contribution is 2.15. The normalized spacial score (nSPS) is 10.7. The standard InChI is InChI=1S/C16H31N5/c1-6-10-12-20(8-3)15-17-14(5)18-16(19-15)21(9-4)13-11-7-2/h6-13H2,1-5H3. The molecule has 0 saturated heterocycles. The molecule has 0 spiro atoms. The van der Waals surface area contributed by atoms with Gasteiger partial charge in [-0.2, -0.15) is 15.0 Å². The first-order chi connectivity index (χ1) is 10.2. The molecule has 1 heterocycles. The van der Waals surface area contributed by atoms with Crippen LogP contribution in [0.3, 0.4) is 0 Å². The zero-order valence-electron chi connectivity index (χ0n) is 14.4. The summed E-state index contributed by atoms with van der Waals surface area (Å²) in [4.78, 5) is 18.3. The topological polar surface area (TPSA) is 45.2 Å². The molecule has 1 rings (SSSR count). The lowest BCUT2D eigenvalue weighted by atomic mass is 10.3. The van der Waals surface area contributed by atoms with Crippen LogP contribution < -0.4 is 9.80 Å². The number of hydrogen-bond donors (Lipinski definition) is 0. The number of anilines is 2. The Morgan fingerprint density at radius 3 is 1.48 bits per heavy atom. The fraction of sp³-hybridized carbons (Fsp3) is 0.812.